The second kappa shape index (κ2) is 8.48. The van der Waals surface area contributed by atoms with E-state index in [1.165, 1.54) is 4.90 Å². The van der Waals surface area contributed by atoms with Crippen molar-refractivity contribution in [3.05, 3.63) is 47.4 Å². The van der Waals surface area contributed by atoms with Crippen LogP contribution in [0.2, 0.25) is 0 Å². The first-order valence-corrected chi connectivity index (χ1v) is 10.1. The van der Waals surface area contributed by atoms with Crippen molar-refractivity contribution in [1.82, 2.24) is 10.2 Å². The normalized spacial score (nSPS) is 16.8. The third-order valence-electron chi connectivity index (χ3n) is 4.43. The quantitative estimate of drug-likeness (QED) is 0.643. The molecule has 1 aliphatic heterocycles. The van der Waals surface area contributed by atoms with Gasteiger partial charge in [-0.15, -0.1) is 8.80 Å². The number of amides is 1. The molecule has 1 amide bonds. The number of benzene rings is 1. The van der Waals surface area contributed by atoms with Gasteiger partial charge in [-0.05, 0) is 37.1 Å². The van der Waals surface area contributed by atoms with Crippen LogP contribution in [0.3, 0.4) is 0 Å². The van der Waals surface area contributed by atoms with Crippen LogP contribution in [0.1, 0.15) is 41.1 Å². The fraction of sp³-hybridized carbons (Fsp3) is 0.316. The van der Waals surface area contributed by atoms with Crippen molar-refractivity contribution in [1.29, 1.82) is 0 Å². The zero-order valence-corrected chi connectivity index (χ0v) is 17.4. The van der Waals surface area contributed by atoms with E-state index in [1.807, 2.05) is 13.0 Å². The average Bonchev–Trinajstić information content (AvgIpc) is 3.31. The van der Waals surface area contributed by atoms with Crippen molar-refractivity contribution in [2.45, 2.75) is 26.3 Å². The molecule has 0 saturated heterocycles. The molecular formula is C19H23N5O4S. The van der Waals surface area contributed by atoms with Crippen molar-refractivity contribution in [3.63, 3.8) is 0 Å². The number of aromatic hydroxyl groups is 1. The molecule has 154 valence electrons. The summed E-state index contributed by atoms with van der Waals surface area (Å²) in [5.41, 5.74) is 1.09. The third-order valence-corrected chi connectivity index (χ3v) is 5.11. The smallest absolute Gasteiger partial charge is 0.269 e. The summed E-state index contributed by atoms with van der Waals surface area (Å²) in [5, 5.41) is 16.8. The molecule has 0 fully saturated rings. The fourth-order valence-electron chi connectivity index (χ4n) is 2.88. The van der Waals surface area contributed by atoms with Gasteiger partial charge in [0.25, 0.3) is 17.1 Å². The molecule has 10 heteroatoms. The molecule has 3 N–H and O–H groups in total. The molecule has 0 bridgehead atoms. The van der Waals surface area contributed by atoms with Crippen LogP contribution < -0.4 is 10.6 Å². The van der Waals surface area contributed by atoms with E-state index in [-0.39, 0.29) is 40.6 Å². The number of hydrogen-bond acceptors (Lipinski definition) is 6. The summed E-state index contributed by atoms with van der Waals surface area (Å²) in [7, 11) is 3.22. The molecule has 2 atom stereocenters. The summed E-state index contributed by atoms with van der Waals surface area (Å²) in [6.07, 6.45) is 2.28. The number of anilines is 1. The van der Waals surface area contributed by atoms with Crippen molar-refractivity contribution in [2.75, 3.05) is 19.4 Å². The standard InChI is InChI=1S/C19H23N5O4S/c1-5-12(14-7-6-10-28-14)20-17-18(23-29(27)22-17)21-13-9-8-11(2)15(16(13)25)19(26)24(3)4/h6-10,12,25H,5H2,1-4H3,(H,20,22)(H,21,23)/t12-,29?/m1/s1. The molecule has 0 saturated carbocycles. The van der Waals surface area contributed by atoms with Gasteiger partial charge in [0.2, 0.25) is 0 Å². The topological polar surface area (TPSA) is 120 Å². The van der Waals surface area contributed by atoms with Crippen molar-refractivity contribution < 1.29 is 18.5 Å². The lowest BCUT2D eigenvalue weighted by atomic mass is 10.0. The Bertz CT molecular complexity index is 998. The summed E-state index contributed by atoms with van der Waals surface area (Å²) in [4.78, 5) is 13.8. The minimum Gasteiger partial charge on any atom is -0.505 e. The largest absolute Gasteiger partial charge is 0.505 e. The van der Waals surface area contributed by atoms with Gasteiger partial charge in [0.05, 0.1) is 23.6 Å². The second-order valence-corrected chi connectivity index (χ2v) is 7.54. The number of aryl methyl sites for hydroxylation is 1. The summed E-state index contributed by atoms with van der Waals surface area (Å²) >= 11 is -1.79. The Kier molecular flexibility index (Phi) is 6.02. The lowest BCUT2D eigenvalue weighted by molar-refractivity contribution is 0.0824. The van der Waals surface area contributed by atoms with Crippen molar-refractivity contribution in [3.8, 4) is 5.75 Å². The van der Waals surface area contributed by atoms with E-state index in [0.29, 0.717) is 17.7 Å². The van der Waals surface area contributed by atoms with E-state index in [0.717, 1.165) is 0 Å². The van der Waals surface area contributed by atoms with E-state index >= 15 is 0 Å². The van der Waals surface area contributed by atoms with E-state index < -0.39 is 11.2 Å². The van der Waals surface area contributed by atoms with Crippen LogP contribution in [0.25, 0.3) is 0 Å². The average molecular weight is 417 g/mol. The number of furan rings is 1. The van der Waals surface area contributed by atoms with Gasteiger partial charge in [-0.1, -0.05) is 13.0 Å². The Hall–Kier alpha value is -3.14. The highest BCUT2D eigenvalue weighted by atomic mass is 32.2. The molecule has 1 aromatic heterocycles. The molecule has 1 aliphatic rings. The minimum absolute atomic E-state index is 0.188. The Morgan fingerprint density at radius 3 is 2.62 bits per heavy atom. The van der Waals surface area contributed by atoms with Gasteiger partial charge in [-0.25, -0.2) is 4.21 Å². The summed E-state index contributed by atoms with van der Waals surface area (Å²) in [6.45, 7) is 3.72. The van der Waals surface area contributed by atoms with Crippen LogP contribution in [-0.4, -0.2) is 45.9 Å². The molecular weight excluding hydrogens is 394 g/mol. The molecule has 0 aliphatic carbocycles. The fourth-order valence-corrected chi connectivity index (χ4v) is 3.51. The maximum absolute atomic E-state index is 12.4. The number of carbonyl (C=O) groups is 1. The molecule has 0 spiro atoms. The number of phenols is 1. The molecule has 0 radical (unpaired) electrons. The number of phenolic OH excluding ortho intramolecular Hbond substituents is 1. The maximum atomic E-state index is 12.4. The molecule has 1 aromatic carbocycles. The van der Waals surface area contributed by atoms with Gasteiger partial charge in [0.15, 0.2) is 17.4 Å². The van der Waals surface area contributed by atoms with Crippen LogP contribution >= 0.6 is 0 Å². The van der Waals surface area contributed by atoms with Crippen molar-refractivity contribution in [2.24, 2.45) is 8.80 Å². The molecule has 1 unspecified atom stereocenters. The highest BCUT2D eigenvalue weighted by Crippen LogP contribution is 2.31. The van der Waals surface area contributed by atoms with Gasteiger partial charge < -0.3 is 25.1 Å². The summed E-state index contributed by atoms with van der Waals surface area (Å²) in [6, 6.07) is 6.77. The highest BCUT2D eigenvalue weighted by molar-refractivity contribution is 7.83. The first-order chi connectivity index (χ1) is 13.8. The maximum Gasteiger partial charge on any atom is 0.269 e. The van der Waals surface area contributed by atoms with Crippen LogP contribution in [0, 0.1) is 6.92 Å². The highest BCUT2D eigenvalue weighted by Gasteiger charge is 2.26. The molecule has 9 nitrogen and oxygen atoms in total. The number of carbonyl (C=O) groups excluding carboxylic acids is 1. The Balaban J connectivity index is 1.87. The summed E-state index contributed by atoms with van der Waals surface area (Å²) < 4.78 is 25.4. The van der Waals surface area contributed by atoms with Gasteiger partial charge in [0.1, 0.15) is 5.76 Å². The first-order valence-electron chi connectivity index (χ1n) is 9.02. The molecule has 3 rings (SSSR count). The Labute approximate surface area is 171 Å². The van der Waals surface area contributed by atoms with Gasteiger partial charge in [-0.2, -0.15) is 0 Å². The zero-order chi connectivity index (χ0) is 21.1. The zero-order valence-electron chi connectivity index (χ0n) is 16.6. The predicted molar refractivity (Wildman–Crippen MR) is 112 cm³/mol. The number of hydrogen-bond donors (Lipinski definition) is 3. The first kappa shape index (κ1) is 20.6. The van der Waals surface area contributed by atoms with E-state index in [4.69, 9.17) is 4.42 Å². The molecule has 2 heterocycles. The van der Waals surface area contributed by atoms with Gasteiger partial charge >= 0.3 is 0 Å². The van der Waals surface area contributed by atoms with Crippen LogP contribution in [0.5, 0.6) is 5.75 Å². The third kappa shape index (κ3) is 4.32. The second-order valence-electron chi connectivity index (χ2n) is 6.71. The number of rotatable bonds is 5. The van der Waals surface area contributed by atoms with Gasteiger partial charge in [0, 0.05) is 14.1 Å². The number of nitrogens with zero attached hydrogens (tertiary/aromatic N) is 3. The number of nitrogens with one attached hydrogen (secondary N) is 2. The van der Waals surface area contributed by atoms with E-state index in [9.17, 15) is 14.1 Å². The summed E-state index contributed by atoms with van der Waals surface area (Å²) in [5.74, 6) is 0.671. The van der Waals surface area contributed by atoms with E-state index in [2.05, 4.69) is 19.4 Å². The number of amidine groups is 2. The van der Waals surface area contributed by atoms with Crippen LogP contribution in [-0.2, 0) is 11.2 Å². The Morgan fingerprint density at radius 1 is 1.28 bits per heavy atom. The lowest BCUT2D eigenvalue weighted by Crippen LogP contribution is -2.36. The van der Waals surface area contributed by atoms with E-state index in [1.54, 1.807) is 45.5 Å². The van der Waals surface area contributed by atoms with Crippen LogP contribution in [0.15, 0.2) is 43.7 Å². The molecule has 29 heavy (non-hydrogen) atoms. The monoisotopic (exact) mass is 417 g/mol. The molecule has 2 aromatic rings. The predicted octanol–water partition coefficient (Wildman–Crippen LogP) is 2.54. The minimum atomic E-state index is -1.79. The van der Waals surface area contributed by atoms with Crippen LogP contribution in [0.4, 0.5) is 5.69 Å². The lowest BCUT2D eigenvalue weighted by Gasteiger charge is -2.19. The van der Waals surface area contributed by atoms with Crippen molar-refractivity contribution >= 4 is 34.4 Å². The SMILES string of the molecule is CC[C@@H](NC1=NS(=O)N=C1Nc1ccc(C)c(C(=O)N(C)C)c1O)c1ccco1. The Morgan fingerprint density at radius 2 is 2.00 bits per heavy atom. The van der Waals surface area contributed by atoms with Gasteiger partial charge in [-0.3, -0.25) is 4.79 Å².